The second-order valence-corrected chi connectivity index (χ2v) is 4.09. The highest BCUT2D eigenvalue weighted by molar-refractivity contribution is 4.70. The fraction of sp³-hybridized carbons (Fsp3) is 1.00. The van der Waals surface area contributed by atoms with Crippen LogP contribution in [0.2, 0.25) is 0 Å². The highest BCUT2D eigenvalue weighted by atomic mass is 16.5. The van der Waals surface area contributed by atoms with Crippen LogP contribution in [0.15, 0.2) is 0 Å². The number of aliphatic hydroxyl groups is 1. The number of hydrogen-bond acceptors (Lipinski definition) is 4. The molecule has 4 nitrogen and oxygen atoms in total. The van der Waals surface area contributed by atoms with Crippen LogP contribution in [0.1, 0.15) is 19.3 Å². The van der Waals surface area contributed by atoms with Crippen molar-refractivity contribution in [1.82, 2.24) is 4.90 Å². The van der Waals surface area contributed by atoms with E-state index in [4.69, 9.17) is 10.5 Å². The molecule has 1 fully saturated rings. The lowest BCUT2D eigenvalue weighted by Crippen LogP contribution is -2.35. The molecule has 0 radical (unpaired) electrons. The summed E-state index contributed by atoms with van der Waals surface area (Å²) >= 11 is 0. The average molecular weight is 202 g/mol. The monoisotopic (exact) mass is 202 g/mol. The Bertz CT molecular complexity index is 149. The Morgan fingerprint density at radius 2 is 2.43 bits per heavy atom. The van der Waals surface area contributed by atoms with Crippen molar-refractivity contribution < 1.29 is 9.84 Å². The van der Waals surface area contributed by atoms with Gasteiger partial charge in [0.15, 0.2) is 0 Å². The smallest absolute Gasteiger partial charge is 0.0702 e. The molecule has 14 heavy (non-hydrogen) atoms. The Hall–Kier alpha value is -0.160. The molecule has 4 heteroatoms. The Balaban J connectivity index is 2.10. The number of likely N-dealkylation sites (N-methyl/N-ethyl adjacent to an activating group) is 1. The maximum absolute atomic E-state index is 9.53. The number of rotatable bonds is 6. The van der Waals surface area contributed by atoms with E-state index in [0.717, 1.165) is 19.6 Å². The first-order valence-electron chi connectivity index (χ1n) is 5.40. The number of aliphatic hydroxyl groups excluding tert-OH is 1. The molecule has 0 aromatic heterocycles. The summed E-state index contributed by atoms with van der Waals surface area (Å²) in [6.45, 7) is 3.05. The molecule has 0 aromatic carbocycles. The third-order valence-electron chi connectivity index (χ3n) is 2.56. The molecule has 0 bridgehead atoms. The van der Waals surface area contributed by atoms with Crippen molar-refractivity contribution in [3.05, 3.63) is 0 Å². The molecule has 1 aliphatic rings. The molecule has 2 atom stereocenters. The SMILES string of the molecule is CN(CC(O)CCN)CC1CCCO1. The van der Waals surface area contributed by atoms with E-state index in [-0.39, 0.29) is 6.10 Å². The Kier molecular flexibility index (Phi) is 5.40. The third kappa shape index (κ3) is 4.37. The van der Waals surface area contributed by atoms with Gasteiger partial charge >= 0.3 is 0 Å². The van der Waals surface area contributed by atoms with Crippen molar-refractivity contribution in [2.75, 3.05) is 33.3 Å². The zero-order valence-corrected chi connectivity index (χ0v) is 8.98. The van der Waals surface area contributed by atoms with E-state index in [1.165, 1.54) is 6.42 Å². The van der Waals surface area contributed by atoms with Gasteiger partial charge in [-0.05, 0) is 32.9 Å². The van der Waals surface area contributed by atoms with E-state index in [2.05, 4.69) is 4.90 Å². The molecule has 84 valence electrons. The summed E-state index contributed by atoms with van der Waals surface area (Å²) in [5.41, 5.74) is 5.37. The maximum atomic E-state index is 9.53. The summed E-state index contributed by atoms with van der Waals surface area (Å²) in [6.07, 6.45) is 3.06. The van der Waals surface area contributed by atoms with Crippen molar-refractivity contribution in [2.24, 2.45) is 5.73 Å². The quantitative estimate of drug-likeness (QED) is 0.626. The standard InChI is InChI=1S/C10H22N2O2/c1-12(7-9(13)4-5-11)8-10-3-2-6-14-10/h9-10,13H,2-8,11H2,1H3. The molecule has 0 spiro atoms. The van der Waals surface area contributed by atoms with Crippen LogP contribution in [-0.4, -0.2) is 55.5 Å². The molecule has 3 N–H and O–H groups in total. The summed E-state index contributed by atoms with van der Waals surface area (Å²) < 4.78 is 5.52. The number of nitrogens with zero attached hydrogens (tertiary/aromatic N) is 1. The molecule has 1 saturated heterocycles. The molecular weight excluding hydrogens is 180 g/mol. The van der Waals surface area contributed by atoms with Crippen molar-refractivity contribution in [1.29, 1.82) is 0 Å². The second kappa shape index (κ2) is 6.35. The lowest BCUT2D eigenvalue weighted by atomic mass is 10.2. The maximum Gasteiger partial charge on any atom is 0.0702 e. The van der Waals surface area contributed by atoms with E-state index >= 15 is 0 Å². The highest BCUT2D eigenvalue weighted by Crippen LogP contribution is 2.12. The second-order valence-electron chi connectivity index (χ2n) is 4.09. The van der Waals surface area contributed by atoms with E-state index in [0.29, 0.717) is 25.6 Å². The van der Waals surface area contributed by atoms with Gasteiger partial charge in [-0.15, -0.1) is 0 Å². The van der Waals surface area contributed by atoms with Gasteiger partial charge in [-0.1, -0.05) is 0 Å². The molecular formula is C10H22N2O2. The summed E-state index contributed by atoms with van der Waals surface area (Å²) in [7, 11) is 2.02. The first-order chi connectivity index (χ1) is 6.72. The molecule has 1 rings (SSSR count). The van der Waals surface area contributed by atoms with Crippen LogP contribution >= 0.6 is 0 Å². The summed E-state index contributed by atoms with van der Waals surface area (Å²) in [5.74, 6) is 0. The normalized spacial score (nSPS) is 24.4. The van der Waals surface area contributed by atoms with Gasteiger partial charge in [-0.3, -0.25) is 0 Å². The zero-order chi connectivity index (χ0) is 10.4. The van der Waals surface area contributed by atoms with E-state index in [1.807, 2.05) is 7.05 Å². The van der Waals surface area contributed by atoms with Crippen LogP contribution in [0.25, 0.3) is 0 Å². The minimum Gasteiger partial charge on any atom is -0.392 e. The molecule has 0 saturated carbocycles. The van der Waals surface area contributed by atoms with Crippen LogP contribution in [0.4, 0.5) is 0 Å². The Morgan fingerprint density at radius 1 is 1.64 bits per heavy atom. The lowest BCUT2D eigenvalue weighted by molar-refractivity contribution is 0.0590. The van der Waals surface area contributed by atoms with Crippen molar-refractivity contribution in [3.8, 4) is 0 Å². The number of nitrogens with two attached hydrogens (primary N) is 1. The van der Waals surface area contributed by atoms with Crippen molar-refractivity contribution in [3.63, 3.8) is 0 Å². The fourth-order valence-corrected chi connectivity index (χ4v) is 1.85. The van der Waals surface area contributed by atoms with Crippen LogP contribution in [0.3, 0.4) is 0 Å². The predicted molar refractivity (Wildman–Crippen MR) is 56.1 cm³/mol. The summed E-state index contributed by atoms with van der Waals surface area (Å²) in [5, 5.41) is 9.53. The number of hydrogen-bond donors (Lipinski definition) is 2. The van der Waals surface area contributed by atoms with Crippen molar-refractivity contribution >= 4 is 0 Å². The van der Waals surface area contributed by atoms with Gasteiger partial charge in [-0.2, -0.15) is 0 Å². The van der Waals surface area contributed by atoms with Crippen molar-refractivity contribution in [2.45, 2.75) is 31.5 Å². The van der Waals surface area contributed by atoms with Gasteiger partial charge in [0.05, 0.1) is 12.2 Å². The first-order valence-corrected chi connectivity index (χ1v) is 5.40. The fourth-order valence-electron chi connectivity index (χ4n) is 1.85. The minimum absolute atomic E-state index is 0.300. The lowest BCUT2D eigenvalue weighted by Gasteiger charge is -2.22. The van der Waals surface area contributed by atoms with Gasteiger partial charge in [0.1, 0.15) is 0 Å². The predicted octanol–water partition coefficient (Wildman–Crippen LogP) is -0.193. The van der Waals surface area contributed by atoms with Gasteiger partial charge in [-0.25, -0.2) is 0 Å². The molecule has 0 aliphatic carbocycles. The van der Waals surface area contributed by atoms with E-state index in [9.17, 15) is 5.11 Å². The first kappa shape index (κ1) is 11.9. The molecule has 0 amide bonds. The van der Waals surface area contributed by atoms with Crippen LogP contribution < -0.4 is 5.73 Å². The zero-order valence-electron chi connectivity index (χ0n) is 8.98. The largest absolute Gasteiger partial charge is 0.392 e. The Labute approximate surface area is 86.0 Å². The minimum atomic E-state index is -0.300. The van der Waals surface area contributed by atoms with Crippen LogP contribution in [0, 0.1) is 0 Å². The summed E-state index contributed by atoms with van der Waals surface area (Å²) in [4.78, 5) is 2.12. The topological polar surface area (TPSA) is 58.7 Å². The highest BCUT2D eigenvalue weighted by Gasteiger charge is 2.18. The molecule has 1 heterocycles. The van der Waals surface area contributed by atoms with Gasteiger partial charge in [0, 0.05) is 19.7 Å². The number of ether oxygens (including phenoxy) is 1. The van der Waals surface area contributed by atoms with E-state index in [1.54, 1.807) is 0 Å². The van der Waals surface area contributed by atoms with Crippen LogP contribution in [-0.2, 0) is 4.74 Å². The van der Waals surface area contributed by atoms with Gasteiger partial charge < -0.3 is 20.5 Å². The molecule has 1 aliphatic heterocycles. The molecule has 0 aromatic rings. The van der Waals surface area contributed by atoms with E-state index < -0.39 is 0 Å². The average Bonchev–Trinajstić information content (AvgIpc) is 2.56. The Morgan fingerprint density at radius 3 is 3.00 bits per heavy atom. The van der Waals surface area contributed by atoms with Gasteiger partial charge in [0.25, 0.3) is 0 Å². The summed E-state index contributed by atoms with van der Waals surface area (Å²) in [6, 6.07) is 0. The van der Waals surface area contributed by atoms with Gasteiger partial charge in [0.2, 0.25) is 0 Å². The van der Waals surface area contributed by atoms with Crippen LogP contribution in [0.5, 0.6) is 0 Å². The third-order valence-corrected chi connectivity index (χ3v) is 2.56. The molecule has 2 unspecified atom stereocenters.